The minimum absolute atomic E-state index is 0.0440. The number of hydrogen-bond donors (Lipinski definition) is 1. The van der Waals surface area contributed by atoms with Crippen molar-refractivity contribution >= 4 is 31.9 Å². The molecule has 0 spiro atoms. The highest BCUT2D eigenvalue weighted by molar-refractivity contribution is 9.11. The van der Waals surface area contributed by atoms with E-state index in [-0.39, 0.29) is 12.5 Å². The second-order valence-corrected chi connectivity index (χ2v) is 5.56. The molecule has 1 unspecified atom stereocenters. The molecule has 0 saturated carbocycles. The Hall–Kier alpha value is -0.710. The Morgan fingerprint density at radius 2 is 1.82 bits per heavy atom. The van der Waals surface area contributed by atoms with Gasteiger partial charge >= 0.3 is 0 Å². The Bertz CT molecular complexity index is 482. The molecule has 0 saturated heterocycles. The van der Waals surface area contributed by atoms with Crippen LogP contribution in [-0.4, -0.2) is 16.7 Å². The molecular formula is C13H11Br2NO. The molecule has 1 atom stereocenters. The van der Waals surface area contributed by atoms with Crippen molar-refractivity contribution in [2.75, 3.05) is 6.61 Å². The van der Waals surface area contributed by atoms with Crippen molar-refractivity contribution in [3.8, 4) is 0 Å². The summed E-state index contributed by atoms with van der Waals surface area (Å²) in [5.41, 5.74) is 2.07. The molecule has 0 fully saturated rings. The van der Waals surface area contributed by atoms with Crippen molar-refractivity contribution in [2.24, 2.45) is 0 Å². The summed E-state index contributed by atoms with van der Waals surface area (Å²) in [5, 5.41) is 9.56. The van der Waals surface area contributed by atoms with Crippen LogP contribution in [0.4, 0.5) is 0 Å². The molecule has 2 rings (SSSR count). The van der Waals surface area contributed by atoms with Crippen LogP contribution in [-0.2, 0) is 0 Å². The Morgan fingerprint density at radius 3 is 2.35 bits per heavy atom. The van der Waals surface area contributed by atoms with E-state index in [4.69, 9.17) is 0 Å². The lowest BCUT2D eigenvalue weighted by Crippen LogP contribution is -2.06. The Balaban J connectivity index is 2.42. The Labute approximate surface area is 117 Å². The van der Waals surface area contributed by atoms with Gasteiger partial charge in [-0.05, 0) is 35.4 Å². The van der Waals surface area contributed by atoms with Crippen molar-refractivity contribution in [1.82, 2.24) is 4.98 Å². The minimum Gasteiger partial charge on any atom is -0.395 e. The molecule has 2 nitrogen and oxygen atoms in total. The summed E-state index contributed by atoms with van der Waals surface area (Å²) in [6, 6.07) is 9.85. The van der Waals surface area contributed by atoms with Crippen molar-refractivity contribution in [1.29, 1.82) is 0 Å². The lowest BCUT2D eigenvalue weighted by atomic mass is 9.93. The number of aromatic nitrogens is 1. The number of halogens is 2. The van der Waals surface area contributed by atoms with E-state index in [2.05, 4.69) is 36.8 Å². The quantitative estimate of drug-likeness (QED) is 0.908. The van der Waals surface area contributed by atoms with Crippen LogP contribution in [0.15, 0.2) is 51.7 Å². The summed E-state index contributed by atoms with van der Waals surface area (Å²) < 4.78 is 1.98. The molecule has 1 N–H and O–H groups in total. The summed E-state index contributed by atoms with van der Waals surface area (Å²) in [5.74, 6) is -0.0440. The monoisotopic (exact) mass is 355 g/mol. The van der Waals surface area contributed by atoms with E-state index in [9.17, 15) is 5.11 Å². The summed E-state index contributed by atoms with van der Waals surface area (Å²) in [7, 11) is 0. The first-order chi connectivity index (χ1) is 8.20. The van der Waals surface area contributed by atoms with E-state index >= 15 is 0 Å². The van der Waals surface area contributed by atoms with Crippen LogP contribution < -0.4 is 0 Å². The molecule has 1 aromatic carbocycles. The van der Waals surface area contributed by atoms with Crippen LogP contribution in [0.25, 0.3) is 0 Å². The van der Waals surface area contributed by atoms with Gasteiger partial charge in [0.1, 0.15) is 0 Å². The van der Waals surface area contributed by atoms with Crippen molar-refractivity contribution < 1.29 is 5.11 Å². The van der Waals surface area contributed by atoms with Crippen LogP contribution in [0.2, 0.25) is 0 Å². The third-order valence-corrected chi connectivity index (χ3v) is 3.47. The standard InChI is InChI=1S/C13H11Br2NO/c14-11-4-10(5-12(15)6-11)13(8-17)9-2-1-3-16-7-9/h1-7,13,17H,8H2. The van der Waals surface area contributed by atoms with Crippen LogP contribution in [0, 0.1) is 0 Å². The van der Waals surface area contributed by atoms with Gasteiger partial charge in [0.2, 0.25) is 0 Å². The zero-order chi connectivity index (χ0) is 12.3. The van der Waals surface area contributed by atoms with Gasteiger partial charge < -0.3 is 5.11 Å². The fraction of sp³-hybridized carbons (Fsp3) is 0.154. The molecule has 4 heteroatoms. The third-order valence-electron chi connectivity index (χ3n) is 2.56. The number of aliphatic hydroxyl groups is 1. The van der Waals surface area contributed by atoms with Gasteiger partial charge in [0, 0.05) is 27.3 Å². The number of hydrogen-bond acceptors (Lipinski definition) is 2. The first-order valence-electron chi connectivity index (χ1n) is 5.17. The average molecular weight is 357 g/mol. The SMILES string of the molecule is OCC(c1cccnc1)c1cc(Br)cc(Br)c1. The first-order valence-corrected chi connectivity index (χ1v) is 6.76. The Kier molecular flexibility index (Phi) is 4.31. The van der Waals surface area contributed by atoms with Crippen LogP contribution >= 0.6 is 31.9 Å². The van der Waals surface area contributed by atoms with E-state index < -0.39 is 0 Å². The molecule has 0 aliphatic heterocycles. The van der Waals surface area contributed by atoms with Crippen LogP contribution in [0.1, 0.15) is 17.0 Å². The van der Waals surface area contributed by atoms with Crippen LogP contribution in [0.5, 0.6) is 0 Å². The highest BCUT2D eigenvalue weighted by Crippen LogP contribution is 2.29. The smallest absolute Gasteiger partial charge is 0.0541 e. The zero-order valence-corrected chi connectivity index (χ0v) is 12.1. The number of pyridine rings is 1. The van der Waals surface area contributed by atoms with Gasteiger partial charge in [-0.1, -0.05) is 37.9 Å². The summed E-state index contributed by atoms with van der Waals surface area (Å²) in [6.45, 7) is 0.0641. The maximum atomic E-state index is 9.56. The van der Waals surface area contributed by atoms with E-state index in [1.165, 1.54) is 0 Å². The van der Waals surface area contributed by atoms with Crippen LogP contribution in [0.3, 0.4) is 0 Å². The first kappa shape index (κ1) is 12.7. The Morgan fingerprint density at radius 1 is 1.12 bits per heavy atom. The highest BCUT2D eigenvalue weighted by Gasteiger charge is 2.14. The molecule has 0 radical (unpaired) electrons. The second kappa shape index (κ2) is 5.76. The summed E-state index contributed by atoms with van der Waals surface area (Å²) in [6.07, 6.45) is 3.52. The molecule has 88 valence electrons. The van der Waals surface area contributed by atoms with Gasteiger partial charge in [-0.25, -0.2) is 0 Å². The molecule has 0 aliphatic carbocycles. The molecule has 0 bridgehead atoms. The topological polar surface area (TPSA) is 33.1 Å². The highest BCUT2D eigenvalue weighted by atomic mass is 79.9. The number of aliphatic hydroxyl groups excluding tert-OH is 1. The van der Waals surface area contributed by atoms with Gasteiger partial charge in [0.05, 0.1) is 6.61 Å². The van der Waals surface area contributed by atoms with Crippen molar-refractivity contribution in [3.63, 3.8) is 0 Å². The van der Waals surface area contributed by atoms with Gasteiger partial charge in [-0.2, -0.15) is 0 Å². The average Bonchev–Trinajstić information content (AvgIpc) is 2.30. The predicted octanol–water partition coefficient (Wildman–Crippen LogP) is 3.73. The van der Waals surface area contributed by atoms with E-state index in [1.54, 1.807) is 12.4 Å². The fourth-order valence-electron chi connectivity index (χ4n) is 1.76. The largest absolute Gasteiger partial charge is 0.395 e. The summed E-state index contributed by atoms with van der Waals surface area (Å²) in [4.78, 5) is 4.09. The zero-order valence-electron chi connectivity index (χ0n) is 8.98. The number of benzene rings is 1. The van der Waals surface area contributed by atoms with Gasteiger partial charge in [0.25, 0.3) is 0 Å². The molecule has 2 aromatic rings. The normalized spacial score (nSPS) is 12.4. The fourth-order valence-corrected chi connectivity index (χ4v) is 3.09. The maximum Gasteiger partial charge on any atom is 0.0541 e. The van der Waals surface area contributed by atoms with Crippen molar-refractivity contribution in [3.05, 3.63) is 62.8 Å². The maximum absolute atomic E-state index is 9.56. The second-order valence-electron chi connectivity index (χ2n) is 3.72. The number of rotatable bonds is 3. The molecule has 1 aromatic heterocycles. The van der Waals surface area contributed by atoms with Gasteiger partial charge in [0.15, 0.2) is 0 Å². The predicted molar refractivity (Wildman–Crippen MR) is 75.0 cm³/mol. The van der Waals surface area contributed by atoms with Crippen molar-refractivity contribution in [2.45, 2.75) is 5.92 Å². The van der Waals surface area contributed by atoms with Gasteiger partial charge in [-0.3, -0.25) is 4.98 Å². The molecule has 0 amide bonds. The number of nitrogens with zero attached hydrogens (tertiary/aromatic N) is 1. The van der Waals surface area contributed by atoms with E-state index in [1.807, 2.05) is 30.3 Å². The lowest BCUT2D eigenvalue weighted by molar-refractivity contribution is 0.280. The molecule has 17 heavy (non-hydrogen) atoms. The minimum atomic E-state index is -0.0440. The third kappa shape index (κ3) is 3.15. The molecule has 1 heterocycles. The van der Waals surface area contributed by atoms with E-state index in [0.29, 0.717) is 0 Å². The van der Waals surface area contributed by atoms with Gasteiger partial charge in [-0.15, -0.1) is 0 Å². The summed E-state index contributed by atoms with van der Waals surface area (Å²) >= 11 is 6.91. The van der Waals surface area contributed by atoms with E-state index in [0.717, 1.165) is 20.1 Å². The molecular weight excluding hydrogens is 346 g/mol. The lowest BCUT2D eigenvalue weighted by Gasteiger charge is -2.15. The molecule has 0 aliphatic rings.